The summed E-state index contributed by atoms with van der Waals surface area (Å²) in [5.74, 6) is 2.00. The number of hydrogen-bond acceptors (Lipinski definition) is 3. The number of benzene rings is 1. The van der Waals surface area contributed by atoms with Crippen LogP contribution in [0.3, 0.4) is 0 Å². The Hall–Kier alpha value is -0.298. The van der Waals surface area contributed by atoms with Gasteiger partial charge in [0.2, 0.25) is 0 Å². The molecular formula is C12H19O2ReS-. The molecule has 16 heavy (non-hydrogen) atoms. The Labute approximate surface area is 117 Å². The average Bonchev–Trinajstić information content (AvgIpc) is 2.36. The molecule has 1 rings (SSSR count). The van der Waals surface area contributed by atoms with Crippen LogP contribution >= 0.6 is 11.8 Å². The van der Waals surface area contributed by atoms with Crippen molar-refractivity contribution in [2.24, 2.45) is 0 Å². The Balaban J connectivity index is -0.000000305. The first-order chi connectivity index (χ1) is 7.36. The molecule has 1 aromatic carbocycles. The van der Waals surface area contributed by atoms with Crippen LogP contribution in [0, 0.1) is 0 Å². The summed E-state index contributed by atoms with van der Waals surface area (Å²) in [4.78, 5) is 7.75. The molecule has 0 atom stereocenters. The van der Waals surface area contributed by atoms with E-state index in [4.69, 9.17) is 9.53 Å². The molecule has 0 saturated carbocycles. The van der Waals surface area contributed by atoms with Crippen molar-refractivity contribution < 1.29 is 30.0 Å². The van der Waals surface area contributed by atoms with Gasteiger partial charge in [-0.25, -0.2) is 0 Å². The number of hydrogen-bond donors (Lipinski definition) is 0. The number of rotatable bonds is 3. The van der Waals surface area contributed by atoms with Crippen LogP contribution in [-0.4, -0.2) is 20.2 Å². The van der Waals surface area contributed by atoms with Crippen LogP contribution < -0.4 is 4.74 Å². The van der Waals surface area contributed by atoms with E-state index in [1.165, 1.54) is 5.56 Å². The summed E-state index contributed by atoms with van der Waals surface area (Å²) in [6.45, 7) is 7.25. The van der Waals surface area contributed by atoms with Crippen molar-refractivity contribution in [3.63, 3.8) is 0 Å². The molecule has 2 nitrogen and oxygen atoms in total. The van der Waals surface area contributed by atoms with Crippen LogP contribution in [0.15, 0.2) is 24.3 Å². The SMILES string of the molecule is CC.COc1ccc(CSC)cc1.[CH-]=O.[Re]. The Morgan fingerprint density at radius 2 is 1.62 bits per heavy atom. The van der Waals surface area contributed by atoms with Gasteiger partial charge < -0.3 is 9.53 Å². The molecule has 0 aliphatic carbocycles. The van der Waals surface area contributed by atoms with Crippen molar-refractivity contribution in [2.45, 2.75) is 19.6 Å². The quantitative estimate of drug-likeness (QED) is 0.562. The fourth-order valence-corrected chi connectivity index (χ4v) is 1.41. The minimum Gasteiger partial charge on any atom is -0.545 e. The first-order valence-corrected chi connectivity index (χ1v) is 6.11. The largest absolute Gasteiger partial charge is 0.545 e. The van der Waals surface area contributed by atoms with Gasteiger partial charge in [-0.3, -0.25) is 6.79 Å². The summed E-state index contributed by atoms with van der Waals surface area (Å²) in [7, 11) is 1.68. The molecule has 1 radical (unpaired) electrons. The minimum absolute atomic E-state index is 0. The second kappa shape index (κ2) is 17.1. The number of methoxy groups -OCH3 is 1. The zero-order chi connectivity index (χ0) is 12.1. The number of thioether (sulfide) groups is 1. The zero-order valence-electron chi connectivity index (χ0n) is 10.2. The smallest absolute Gasteiger partial charge is 0.118 e. The molecule has 0 aliphatic heterocycles. The Bertz CT molecular complexity index is 227. The van der Waals surface area contributed by atoms with Crippen molar-refractivity contribution in [3.8, 4) is 5.75 Å². The van der Waals surface area contributed by atoms with E-state index in [0.717, 1.165) is 11.5 Å². The van der Waals surface area contributed by atoms with Crippen LogP contribution in [0.1, 0.15) is 19.4 Å². The third kappa shape index (κ3) is 10.2. The Morgan fingerprint density at radius 3 is 1.94 bits per heavy atom. The van der Waals surface area contributed by atoms with Crippen LogP contribution in [-0.2, 0) is 31.0 Å². The van der Waals surface area contributed by atoms with E-state index in [0.29, 0.717) is 0 Å². The van der Waals surface area contributed by atoms with E-state index in [9.17, 15) is 0 Å². The predicted octanol–water partition coefficient (Wildman–Crippen LogP) is 3.31. The maximum atomic E-state index is 7.75. The summed E-state index contributed by atoms with van der Waals surface area (Å²) in [6, 6.07) is 8.17. The van der Waals surface area contributed by atoms with Crippen LogP contribution in [0.4, 0.5) is 0 Å². The Morgan fingerprint density at radius 1 is 1.19 bits per heavy atom. The molecule has 0 N–H and O–H groups in total. The molecule has 0 bridgehead atoms. The molecule has 4 heteroatoms. The van der Waals surface area contributed by atoms with Gasteiger partial charge in [0.15, 0.2) is 0 Å². The van der Waals surface area contributed by atoms with Crippen molar-refractivity contribution in [2.75, 3.05) is 13.4 Å². The predicted molar refractivity (Wildman–Crippen MR) is 68.3 cm³/mol. The van der Waals surface area contributed by atoms with Gasteiger partial charge in [-0.1, -0.05) is 26.0 Å². The zero-order valence-corrected chi connectivity index (χ0v) is 13.7. The molecule has 0 amide bonds. The van der Waals surface area contributed by atoms with Crippen molar-refractivity contribution in [3.05, 3.63) is 29.8 Å². The topological polar surface area (TPSA) is 26.3 Å². The van der Waals surface area contributed by atoms with E-state index >= 15 is 0 Å². The van der Waals surface area contributed by atoms with Crippen LogP contribution in [0.2, 0.25) is 0 Å². The van der Waals surface area contributed by atoms with Gasteiger partial charge in [-0.15, -0.1) is 0 Å². The van der Waals surface area contributed by atoms with E-state index in [2.05, 4.69) is 25.2 Å². The summed E-state index contributed by atoms with van der Waals surface area (Å²) >= 11 is 1.83. The van der Waals surface area contributed by atoms with Crippen LogP contribution in [0.25, 0.3) is 0 Å². The molecule has 1 aromatic rings. The molecule has 0 aromatic heterocycles. The maximum absolute atomic E-state index is 7.75. The van der Waals surface area contributed by atoms with Gasteiger partial charge in [-0.2, -0.15) is 11.8 Å². The second-order valence-electron chi connectivity index (χ2n) is 2.28. The molecular weight excluding hydrogens is 394 g/mol. The second-order valence-corrected chi connectivity index (χ2v) is 3.15. The van der Waals surface area contributed by atoms with Crippen molar-refractivity contribution >= 4 is 18.6 Å². The average molecular weight is 414 g/mol. The van der Waals surface area contributed by atoms with Crippen molar-refractivity contribution in [1.82, 2.24) is 0 Å². The summed E-state index contributed by atoms with van der Waals surface area (Å²) in [6.07, 6.45) is 2.10. The van der Waals surface area contributed by atoms with Gasteiger partial charge >= 0.3 is 0 Å². The van der Waals surface area contributed by atoms with Gasteiger partial charge in [0.1, 0.15) is 5.75 Å². The van der Waals surface area contributed by atoms with Crippen molar-refractivity contribution in [1.29, 1.82) is 0 Å². The van der Waals surface area contributed by atoms with Gasteiger partial charge in [0, 0.05) is 26.2 Å². The molecule has 0 saturated heterocycles. The minimum atomic E-state index is 0. The molecule has 0 spiro atoms. The molecule has 0 heterocycles. The number of carbonyl (C=O) groups excluding carboxylic acids is 1. The normalized spacial score (nSPS) is 7.25. The number of ether oxygens (including phenoxy) is 1. The molecule has 0 unspecified atom stereocenters. The van der Waals surface area contributed by atoms with E-state index < -0.39 is 0 Å². The summed E-state index contributed by atoms with van der Waals surface area (Å²) in [5.41, 5.74) is 1.35. The van der Waals surface area contributed by atoms with Gasteiger partial charge in [-0.05, 0) is 24.0 Å². The van der Waals surface area contributed by atoms with Crippen LogP contribution in [0.5, 0.6) is 5.75 Å². The fraction of sp³-hybridized carbons (Fsp3) is 0.417. The standard InChI is InChI=1S/C9H12OS.C2H6.CHO.Re/c1-10-9-5-3-8(4-6-9)7-11-2;2*1-2;/h3-6H,7H2,1-2H3;1-2H3;1H;/q;;-1;. The summed E-state index contributed by atoms with van der Waals surface area (Å²) in [5, 5.41) is 0. The van der Waals surface area contributed by atoms with E-state index in [-0.39, 0.29) is 20.4 Å². The Kier molecular flexibility index (Phi) is 22.5. The van der Waals surface area contributed by atoms with Gasteiger partial charge in [0.25, 0.3) is 0 Å². The van der Waals surface area contributed by atoms with E-state index in [1.54, 1.807) is 7.11 Å². The summed E-state index contributed by atoms with van der Waals surface area (Å²) < 4.78 is 5.04. The van der Waals surface area contributed by atoms with E-state index in [1.807, 2.05) is 37.7 Å². The third-order valence-corrected chi connectivity index (χ3v) is 2.09. The fourth-order valence-electron chi connectivity index (χ4n) is 0.888. The molecule has 93 valence electrons. The maximum Gasteiger partial charge on any atom is 0.118 e. The van der Waals surface area contributed by atoms with Gasteiger partial charge in [0.05, 0.1) is 7.11 Å². The molecule has 0 aliphatic rings. The third-order valence-electron chi connectivity index (χ3n) is 1.47. The monoisotopic (exact) mass is 414 g/mol. The molecule has 0 fully saturated rings. The first-order valence-electron chi connectivity index (χ1n) is 4.72. The first kappa shape index (κ1) is 21.0.